The average Bonchev–Trinajstić information content (AvgIpc) is 3.37. The summed E-state index contributed by atoms with van der Waals surface area (Å²) in [6.45, 7) is 1.03. The van der Waals surface area contributed by atoms with Crippen LogP contribution in [0.2, 0.25) is 0 Å². The summed E-state index contributed by atoms with van der Waals surface area (Å²) >= 11 is 0. The molecule has 3 aromatic rings. The van der Waals surface area contributed by atoms with Gasteiger partial charge in [-0.15, -0.1) is 5.10 Å². The van der Waals surface area contributed by atoms with Crippen LogP contribution < -0.4 is 16.5 Å². The van der Waals surface area contributed by atoms with Crippen LogP contribution in [0.5, 0.6) is 0 Å². The minimum Gasteiger partial charge on any atom is -0.369 e. The molecule has 3 rings (SSSR count). The van der Waals surface area contributed by atoms with Crippen LogP contribution >= 0.6 is 0 Å². The molecule has 3 aromatic heterocycles. The molecular formula is C17H23BN8O. The van der Waals surface area contributed by atoms with Crippen molar-refractivity contribution in [3.8, 4) is 0 Å². The molecule has 9 nitrogen and oxygen atoms in total. The maximum atomic E-state index is 11.9. The van der Waals surface area contributed by atoms with Gasteiger partial charge in [-0.1, -0.05) is 17.1 Å². The highest BCUT2D eigenvalue weighted by Gasteiger charge is 2.07. The highest BCUT2D eigenvalue weighted by atomic mass is 16.1. The Hall–Kier alpha value is -3.04. The first-order chi connectivity index (χ1) is 13.1. The van der Waals surface area contributed by atoms with Crippen molar-refractivity contribution < 1.29 is 4.79 Å². The minimum absolute atomic E-state index is 0.189. The second-order valence-electron chi connectivity index (χ2n) is 6.43. The van der Waals surface area contributed by atoms with Crippen LogP contribution in [0.3, 0.4) is 0 Å². The van der Waals surface area contributed by atoms with Gasteiger partial charge in [-0.3, -0.25) is 9.48 Å². The number of nitrogen functional groups attached to an aromatic ring is 1. The molecule has 0 saturated heterocycles. The molecule has 27 heavy (non-hydrogen) atoms. The smallest absolute Gasteiger partial charge is 0.267 e. The van der Waals surface area contributed by atoms with E-state index in [1.807, 2.05) is 6.20 Å². The molecule has 0 unspecified atom stereocenters. The second kappa shape index (κ2) is 9.06. The number of aromatic nitrogens is 6. The van der Waals surface area contributed by atoms with Crippen LogP contribution in [-0.2, 0) is 19.4 Å². The number of carbonyl (C=O) groups is 1. The Bertz CT molecular complexity index is 868. The number of nitrogens with two attached hydrogens (primary N) is 1. The van der Waals surface area contributed by atoms with Crippen molar-refractivity contribution in [3.05, 3.63) is 41.7 Å². The van der Waals surface area contributed by atoms with Crippen molar-refractivity contribution in [2.24, 2.45) is 0 Å². The summed E-state index contributed by atoms with van der Waals surface area (Å²) < 4.78 is 1.74. The van der Waals surface area contributed by atoms with Gasteiger partial charge in [0.05, 0.1) is 18.4 Å². The van der Waals surface area contributed by atoms with Gasteiger partial charge in [-0.05, 0) is 37.9 Å². The van der Waals surface area contributed by atoms with E-state index in [4.69, 9.17) is 13.6 Å². The fraction of sp³-hybridized carbons (Fsp3) is 0.412. The Kier molecular flexibility index (Phi) is 6.29. The fourth-order valence-electron chi connectivity index (χ4n) is 2.79. The normalized spacial score (nSPS) is 11.0. The second-order valence-corrected chi connectivity index (χ2v) is 6.43. The lowest BCUT2D eigenvalue weighted by Gasteiger charge is -2.03. The van der Waals surface area contributed by atoms with Gasteiger partial charge in [0.2, 0.25) is 0 Å². The molecule has 0 atom stereocenters. The topological polar surface area (TPSA) is 130 Å². The van der Waals surface area contributed by atoms with Gasteiger partial charge >= 0.3 is 0 Å². The minimum atomic E-state index is -0.189. The molecule has 1 amide bonds. The predicted octanol–water partition coefficient (Wildman–Crippen LogP) is 0.0908. The van der Waals surface area contributed by atoms with E-state index in [1.54, 1.807) is 23.1 Å². The molecule has 0 aliphatic heterocycles. The number of nitrogens with one attached hydrogen (secondary N) is 3. The summed E-state index contributed by atoms with van der Waals surface area (Å²) in [6, 6.07) is 1.60. The van der Waals surface area contributed by atoms with Gasteiger partial charge < -0.3 is 21.0 Å². The van der Waals surface area contributed by atoms with Crippen LogP contribution in [0.4, 0.5) is 5.95 Å². The van der Waals surface area contributed by atoms with Crippen molar-refractivity contribution in [2.45, 2.75) is 38.6 Å². The number of anilines is 1. The largest absolute Gasteiger partial charge is 0.369 e. The number of carbonyl (C=O) groups excluding carboxylic acids is 1. The number of aryl methyl sites for hydroxylation is 2. The van der Waals surface area contributed by atoms with Crippen molar-refractivity contribution in [2.75, 3.05) is 12.3 Å². The maximum absolute atomic E-state index is 11.9. The zero-order valence-electron chi connectivity index (χ0n) is 15.1. The quantitative estimate of drug-likeness (QED) is 0.298. The average molecular weight is 366 g/mol. The van der Waals surface area contributed by atoms with E-state index in [0.29, 0.717) is 30.2 Å². The third kappa shape index (κ3) is 5.73. The van der Waals surface area contributed by atoms with Gasteiger partial charge in [0.15, 0.2) is 5.95 Å². The van der Waals surface area contributed by atoms with Crippen LogP contribution in [0, 0.1) is 0 Å². The summed E-state index contributed by atoms with van der Waals surface area (Å²) in [5.74, 6) is 0.279. The van der Waals surface area contributed by atoms with E-state index in [9.17, 15) is 4.79 Å². The molecule has 2 radical (unpaired) electrons. The molecule has 5 N–H and O–H groups in total. The van der Waals surface area contributed by atoms with Crippen LogP contribution in [0.1, 0.15) is 41.1 Å². The first-order valence-corrected chi connectivity index (χ1v) is 9.00. The lowest BCUT2D eigenvalue weighted by atomic mass is 10.0. The van der Waals surface area contributed by atoms with Gasteiger partial charge in [-0.25, -0.2) is 4.98 Å². The number of imidazole rings is 1. The van der Waals surface area contributed by atoms with Gasteiger partial charge in [0, 0.05) is 18.4 Å². The number of hydrogen-bond donors (Lipinski definition) is 4. The Morgan fingerprint density at radius 3 is 2.89 bits per heavy atom. The Labute approximate surface area is 158 Å². The molecule has 140 valence electrons. The standard InChI is InChI=1S/C17H23BN8O/c18-12-8-15(21-9-12)16(27)20-6-7-26-11-14(24-25-26)5-3-1-2-4-13-10-22-17(19)23-13/h8-11,21H,1-7H2,(H,20,27)(H3,19,22,23). The van der Waals surface area contributed by atoms with Gasteiger partial charge in [0.1, 0.15) is 13.5 Å². The third-order valence-electron chi connectivity index (χ3n) is 4.19. The number of aromatic amines is 2. The number of unbranched alkanes of at least 4 members (excludes halogenated alkanes) is 2. The Morgan fingerprint density at radius 1 is 1.30 bits per heavy atom. The first kappa shape index (κ1) is 18.7. The summed E-state index contributed by atoms with van der Waals surface area (Å²) in [5.41, 5.74) is 8.57. The van der Waals surface area contributed by atoms with Crippen molar-refractivity contribution >= 4 is 25.2 Å². The molecule has 3 heterocycles. The van der Waals surface area contributed by atoms with Crippen molar-refractivity contribution in [1.29, 1.82) is 0 Å². The lowest BCUT2D eigenvalue weighted by Crippen LogP contribution is -2.27. The van der Waals surface area contributed by atoms with Crippen molar-refractivity contribution in [1.82, 2.24) is 35.3 Å². The SMILES string of the molecule is [B]c1c[nH]c(C(=O)NCCn2cc(CCCCCc3cnc(N)[nH]3)nn2)c1. The molecule has 0 aliphatic carbocycles. The number of rotatable bonds is 10. The highest BCUT2D eigenvalue weighted by molar-refractivity contribution is 6.32. The Morgan fingerprint density at radius 2 is 2.15 bits per heavy atom. The maximum Gasteiger partial charge on any atom is 0.267 e. The zero-order valence-corrected chi connectivity index (χ0v) is 15.1. The summed E-state index contributed by atoms with van der Waals surface area (Å²) in [6.07, 6.45) is 10.4. The van der Waals surface area contributed by atoms with E-state index >= 15 is 0 Å². The number of amides is 1. The van der Waals surface area contributed by atoms with Gasteiger partial charge in [0.25, 0.3) is 5.91 Å². The highest BCUT2D eigenvalue weighted by Crippen LogP contribution is 2.08. The molecule has 0 saturated carbocycles. The monoisotopic (exact) mass is 366 g/mol. The molecular weight excluding hydrogens is 343 g/mol. The molecule has 0 bridgehead atoms. The lowest BCUT2D eigenvalue weighted by molar-refractivity contribution is 0.0947. The van der Waals surface area contributed by atoms with E-state index in [0.717, 1.165) is 43.5 Å². The van der Waals surface area contributed by atoms with Crippen LogP contribution in [0.25, 0.3) is 0 Å². The number of hydrogen-bond acceptors (Lipinski definition) is 5. The first-order valence-electron chi connectivity index (χ1n) is 9.00. The predicted molar refractivity (Wildman–Crippen MR) is 103 cm³/mol. The zero-order chi connectivity index (χ0) is 19.1. The van der Waals surface area contributed by atoms with Gasteiger partial charge in [-0.2, -0.15) is 0 Å². The fourth-order valence-corrected chi connectivity index (χ4v) is 2.79. The van der Waals surface area contributed by atoms with Crippen LogP contribution in [-0.4, -0.2) is 50.2 Å². The van der Waals surface area contributed by atoms with E-state index < -0.39 is 0 Å². The third-order valence-corrected chi connectivity index (χ3v) is 4.19. The molecule has 0 aromatic carbocycles. The van der Waals surface area contributed by atoms with E-state index in [2.05, 4.69) is 30.6 Å². The van der Waals surface area contributed by atoms with E-state index in [1.165, 1.54) is 0 Å². The summed E-state index contributed by atoms with van der Waals surface area (Å²) in [7, 11) is 5.59. The van der Waals surface area contributed by atoms with Crippen LogP contribution in [0.15, 0.2) is 24.7 Å². The molecule has 0 aliphatic rings. The molecule has 0 spiro atoms. The molecule has 0 fully saturated rings. The summed E-state index contributed by atoms with van der Waals surface area (Å²) in [4.78, 5) is 21.7. The summed E-state index contributed by atoms with van der Waals surface area (Å²) in [5, 5.41) is 11.1. The number of nitrogens with zero attached hydrogens (tertiary/aromatic N) is 4. The van der Waals surface area contributed by atoms with Crippen molar-refractivity contribution in [3.63, 3.8) is 0 Å². The Balaban J connectivity index is 1.30. The van der Waals surface area contributed by atoms with E-state index in [-0.39, 0.29) is 5.91 Å². The molecule has 10 heteroatoms. The number of H-pyrrole nitrogens is 2.